The minimum Gasteiger partial charge on any atom is -0.497 e. The number of aliphatic imine (C=N–C) groups is 1. The molecule has 0 radical (unpaired) electrons. The molecule has 0 aromatic heterocycles. The first-order chi connectivity index (χ1) is 12.2. The van der Waals surface area contributed by atoms with Gasteiger partial charge in [-0.05, 0) is 54.4 Å². The summed E-state index contributed by atoms with van der Waals surface area (Å²) in [5.41, 5.74) is 4.70. The van der Waals surface area contributed by atoms with Gasteiger partial charge in [-0.15, -0.1) is 0 Å². The summed E-state index contributed by atoms with van der Waals surface area (Å²) in [6.07, 6.45) is 2.06. The second-order valence-electron chi connectivity index (χ2n) is 6.33. The fourth-order valence-corrected chi connectivity index (χ4v) is 4.08. The maximum absolute atomic E-state index is 5.60. The smallest absolute Gasteiger partial charge is 0.193 e. The second-order valence-corrected chi connectivity index (χ2v) is 6.72. The number of hydrogen-bond donors (Lipinski definition) is 1. The quantitative estimate of drug-likeness (QED) is 0.856. The van der Waals surface area contributed by atoms with E-state index < -0.39 is 0 Å². The van der Waals surface area contributed by atoms with Crippen molar-refractivity contribution >= 4 is 23.0 Å². The molecule has 2 aromatic carbocycles. The van der Waals surface area contributed by atoms with Crippen molar-refractivity contribution in [2.24, 2.45) is 10.9 Å². The lowest BCUT2D eigenvalue weighted by Crippen LogP contribution is -2.43. The second kappa shape index (κ2) is 6.48. The molecule has 2 aliphatic rings. The van der Waals surface area contributed by atoms with Crippen molar-refractivity contribution in [3.63, 3.8) is 0 Å². The van der Waals surface area contributed by atoms with Gasteiger partial charge in [-0.25, -0.2) is 4.99 Å². The number of benzene rings is 2. The zero-order chi connectivity index (χ0) is 17.4. The van der Waals surface area contributed by atoms with E-state index >= 15 is 0 Å². The van der Waals surface area contributed by atoms with Gasteiger partial charge in [0, 0.05) is 11.5 Å². The van der Waals surface area contributed by atoms with E-state index in [9.17, 15) is 0 Å². The maximum Gasteiger partial charge on any atom is 0.193 e. The topological polar surface area (TPSA) is 42.9 Å². The third kappa shape index (κ3) is 2.78. The summed E-state index contributed by atoms with van der Waals surface area (Å²) in [6, 6.07) is 14.4. The number of fused-ring (bicyclic) bond motifs is 3. The van der Waals surface area contributed by atoms with Crippen molar-refractivity contribution in [3.05, 3.63) is 59.2 Å². The lowest BCUT2D eigenvalue weighted by molar-refractivity contribution is 0.380. The molecule has 1 heterocycles. The summed E-state index contributed by atoms with van der Waals surface area (Å²) >= 11 is 5.45. The molecule has 128 valence electrons. The van der Waals surface area contributed by atoms with Gasteiger partial charge in [0.1, 0.15) is 11.5 Å². The number of hydrogen-bond acceptors (Lipinski definition) is 3. The SMILES string of the molecule is COc1ccc(OC)c(C2NC(=S)N=C3c4ccccc4CCC32)c1. The van der Waals surface area contributed by atoms with Gasteiger partial charge < -0.3 is 14.8 Å². The number of ether oxygens (including phenoxy) is 2. The Balaban J connectivity index is 1.81. The van der Waals surface area contributed by atoms with Gasteiger partial charge in [-0.1, -0.05) is 24.3 Å². The van der Waals surface area contributed by atoms with Crippen LogP contribution < -0.4 is 14.8 Å². The van der Waals surface area contributed by atoms with Crippen LogP contribution in [0.5, 0.6) is 11.5 Å². The molecular weight excluding hydrogens is 332 g/mol. The standard InChI is InChI=1S/C20H20N2O2S/c1-23-13-8-10-17(24-2)16(11-13)19-15-9-7-12-5-3-4-6-14(12)18(15)21-20(25)22-19/h3-6,8,10-11,15,19H,7,9H2,1-2H3,(H,22,25). The molecule has 0 amide bonds. The zero-order valence-electron chi connectivity index (χ0n) is 14.3. The zero-order valence-corrected chi connectivity index (χ0v) is 15.1. The summed E-state index contributed by atoms with van der Waals surface area (Å²) in [6.45, 7) is 0. The number of methoxy groups -OCH3 is 2. The first-order valence-corrected chi connectivity index (χ1v) is 8.81. The Hall–Kier alpha value is -2.40. The first kappa shape index (κ1) is 16.1. The van der Waals surface area contributed by atoms with Crippen LogP contribution >= 0.6 is 12.2 Å². The Morgan fingerprint density at radius 1 is 1.12 bits per heavy atom. The third-order valence-corrected chi connectivity index (χ3v) is 5.25. The molecule has 25 heavy (non-hydrogen) atoms. The van der Waals surface area contributed by atoms with Crippen molar-refractivity contribution in [2.75, 3.05) is 14.2 Å². The molecule has 2 atom stereocenters. The highest BCUT2D eigenvalue weighted by Crippen LogP contribution is 2.41. The Bertz CT molecular complexity index is 863. The fourth-order valence-electron chi connectivity index (χ4n) is 3.86. The average molecular weight is 352 g/mol. The Labute approximate surface area is 152 Å². The van der Waals surface area contributed by atoms with E-state index in [2.05, 4.69) is 34.6 Å². The highest BCUT2D eigenvalue weighted by molar-refractivity contribution is 7.80. The number of nitrogens with one attached hydrogen (secondary N) is 1. The monoisotopic (exact) mass is 352 g/mol. The molecule has 0 saturated carbocycles. The van der Waals surface area contributed by atoms with Crippen molar-refractivity contribution in [1.29, 1.82) is 0 Å². The van der Waals surface area contributed by atoms with Crippen LogP contribution in [0.25, 0.3) is 0 Å². The largest absolute Gasteiger partial charge is 0.497 e. The fraction of sp³-hybridized carbons (Fsp3) is 0.300. The van der Waals surface area contributed by atoms with Crippen LogP contribution in [-0.2, 0) is 6.42 Å². The van der Waals surface area contributed by atoms with Gasteiger partial charge in [-0.2, -0.15) is 0 Å². The molecule has 5 heteroatoms. The summed E-state index contributed by atoms with van der Waals surface area (Å²) in [5, 5.41) is 3.92. The van der Waals surface area contributed by atoms with Gasteiger partial charge >= 0.3 is 0 Å². The molecule has 2 aromatic rings. The van der Waals surface area contributed by atoms with Gasteiger partial charge in [0.2, 0.25) is 0 Å². The molecule has 4 nitrogen and oxygen atoms in total. The highest BCUT2D eigenvalue weighted by atomic mass is 32.1. The summed E-state index contributed by atoms with van der Waals surface area (Å²) in [7, 11) is 3.37. The molecule has 2 unspecified atom stereocenters. The Morgan fingerprint density at radius 3 is 2.76 bits per heavy atom. The van der Waals surface area contributed by atoms with Gasteiger partial charge in [0.25, 0.3) is 0 Å². The van der Waals surface area contributed by atoms with E-state index in [1.807, 2.05) is 18.2 Å². The van der Waals surface area contributed by atoms with E-state index in [1.165, 1.54) is 11.1 Å². The van der Waals surface area contributed by atoms with E-state index in [4.69, 9.17) is 21.7 Å². The lowest BCUT2D eigenvalue weighted by atomic mass is 9.75. The number of nitrogens with zero attached hydrogens (tertiary/aromatic N) is 1. The van der Waals surface area contributed by atoms with Crippen LogP contribution in [0.2, 0.25) is 0 Å². The van der Waals surface area contributed by atoms with E-state index in [0.717, 1.165) is 35.6 Å². The van der Waals surface area contributed by atoms with Crippen molar-refractivity contribution in [2.45, 2.75) is 18.9 Å². The van der Waals surface area contributed by atoms with Crippen molar-refractivity contribution in [3.8, 4) is 11.5 Å². The van der Waals surface area contributed by atoms with Crippen molar-refractivity contribution in [1.82, 2.24) is 5.32 Å². The van der Waals surface area contributed by atoms with Crippen LogP contribution in [0.3, 0.4) is 0 Å². The third-order valence-electron chi connectivity index (χ3n) is 5.04. The summed E-state index contributed by atoms with van der Waals surface area (Å²) in [5.74, 6) is 1.90. The lowest BCUT2D eigenvalue weighted by Gasteiger charge is -2.37. The van der Waals surface area contributed by atoms with E-state index in [-0.39, 0.29) is 12.0 Å². The van der Waals surface area contributed by atoms with Gasteiger partial charge in [-0.3, -0.25) is 0 Å². The summed E-state index contributed by atoms with van der Waals surface area (Å²) in [4.78, 5) is 4.68. The summed E-state index contributed by atoms with van der Waals surface area (Å²) < 4.78 is 11.0. The Morgan fingerprint density at radius 2 is 1.96 bits per heavy atom. The molecule has 0 fully saturated rings. The average Bonchev–Trinajstić information content (AvgIpc) is 2.66. The number of thiocarbonyl (C=S) groups is 1. The molecule has 1 aliphatic carbocycles. The number of rotatable bonds is 3. The van der Waals surface area contributed by atoms with E-state index in [1.54, 1.807) is 14.2 Å². The maximum atomic E-state index is 5.60. The van der Waals surface area contributed by atoms with Crippen LogP contribution in [0.15, 0.2) is 47.5 Å². The molecule has 0 saturated heterocycles. The minimum absolute atomic E-state index is 0.0263. The van der Waals surface area contributed by atoms with Crippen molar-refractivity contribution < 1.29 is 9.47 Å². The molecule has 0 bridgehead atoms. The van der Waals surface area contributed by atoms with Crippen LogP contribution in [-0.4, -0.2) is 25.0 Å². The van der Waals surface area contributed by atoms with Crippen LogP contribution in [0.4, 0.5) is 0 Å². The van der Waals surface area contributed by atoms with Gasteiger partial charge in [0.15, 0.2) is 5.11 Å². The highest BCUT2D eigenvalue weighted by Gasteiger charge is 2.37. The minimum atomic E-state index is 0.0263. The van der Waals surface area contributed by atoms with Crippen LogP contribution in [0.1, 0.15) is 29.2 Å². The predicted molar refractivity (Wildman–Crippen MR) is 103 cm³/mol. The molecular formula is C20H20N2O2S. The number of aryl methyl sites for hydroxylation is 1. The van der Waals surface area contributed by atoms with E-state index in [0.29, 0.717) is 5.11 Å². The Kier molecular flexibility index (Phi) is 4.17. The van der Waals surface area contributed by atoms with Gasteiger partial charge in [0.05, 0.1) is 26.0 Å². The predicted octanol–water partition coefficient (Wildman–Crippen LogP) is 3.68. The van der Waals surface area contributed by atoms with Crippen LogP contribution in [0, 0.1) is 5.92 Å². The molecule has 1 aliphatic heterocycles. The molecule has 1 N–H and O–H groups in total. The normalized spacial score (nSPS) is 21.5. The molecule has 0 spiro atoms. The first-order valence-electron chi connectivity index (χ1n) is 8.40. The molecule has 4 rings (SSSR count).